The summed E-state index contributed by atoms with van der Waals surface area (Å²) >= 11 is 5.23. The molecule has 1 saturated carbocycles. The van der Waals surface area contributed by atoms with Crippen LogP contribution in [0.25, 0.3) is 10.9 Å². The summed E-state index contributed by atoms with van der Waals surface area (Å²) in [4.78, 5) is 16.4. The molecular formula is C17H20N4OS. The molecule has 0 radical (unpaired) electrons. The molecule has 0 aliphatic heterocycles. The molecular weight excluding hydrogens is 308 g/mol. The fourth-order valence-electron chi connectivity index (χ4n) is 2.87. The largest absolute Gasteiger partial charge is 0.359 e. The van der Waals surface area contributed by atoms with Gasteiger partial charge in [-0.3, -0.25) is 20.6 Å². The minimum Gasteiger partial charge on any atom is -0.359 e. The van der Waals surface area contributed by atoms with Crippen LogP contribution in [0.5, 0.6) is 0 Å². The molecule has 5 nitrogen and oxygen atoms in total. The molecule has 1 fully saturated rings. The second-order valence-electron chi connectivity index (χ2n) is 5.80. The van der Waals surface area contributed by atoms with Crippen molar-refractivity contribution in [3.8, 4) is 0 Å². The number of amides is 1. The molecule has 0 saturated heterocycles. The molecule has 1 heterocycles. The Balaban J connectivity index is 1.54. The van der Waals surface area contributed by atoms with Gasteiger partial charge in [0.05, 0.1) is 5.52 Å². The molecule has 1 aromatic heterocycles. The Morgan fingerprint density at radius 1 is 1.13 bits per heavy atom. The average molecular weight is 328 g/mol. The van der Waals surface area contributed by atoms with Gasteiger partial charge in [0.25, 0.3) is 5.91 Å². The second kappa shape index (κ2) is 7.37. The average Bonchev–Trinajstić information content (AvgIpc) is 2.60. The summed E-state index contributed by atoms with van der Waals surface area (Å²) in [6.45, 7) is 0. The molecule has 120 valence electrons. The smallest absolute Gasteiger partial charge is 0.269 e. The third kappa shape index (κ3) is 4.16. The van der Waals surface area contributed by atoms with E-state index < -0.39 is 0 Å². The van der Waals surface area contributed by atoms with Crippen LogP contribution < -0.4 is 16.2 Å². The summed E-state index contributed by atoms with van der Waals surface area (Å²) in [5.41, 5.74) is 6.86. The molecule has 23 heavy (non-hydrogen) atoms. The molecule has 0 bridgehead atoms. The number of carbonyl (C=O) groups is 1. The number of nitrogens with zero attached hydrogens (tertiary/aromatic N) is 1. The van der Waals surface area contributed by atoms with E-state index in [2.05, 4.69) is 21.2 Å². The van der Waals surface area contributed by atoms with Gasteiger partial charge in [0.1, 0.15) is 0 Å². The maximum absolute atomic E-state index is 12.2. The molecule has 0 atom stereocenters. The van der Waals surface area contributed by atoms with Crippen LogP contribution in [0.4, 0.5) is 0 Å². The van der Waals surface area contributed by atoms with Crippen LogP contribution in [0.2, 0.25) is 0 Å². The highest BCUT2D eigenvalue weighted by Crippen LogP contribution is 2.17. The van der Waals surface area contributed by atoms with Crippen molar-refractivity contribution in [1.82, 2.24) is 21.2 Å². The molecule has 0 spiro atoms. The van der Waals surface area contributed by atoms with E-state index in [9.17, 15) is 4.79 Å². The van der Waals surface area contributed by atoms with Gasteiger partial charge in [0.2, 0.25) is 0 Å². The first-order valence-corrected chi connectivity index (χ1v) is 8.35. The highest BCUT2D eigenvalue weighted by atomic mass is 32.1. The molecule has 2 aromatic rings. The van der Waals surface area contributed by atoms with Crippen molar-refractivity contribution in [3.63, 3.8) is 0 Å². The minimum absolute atomic E-state index is 0.219. The summed E-state index contributed by atoms with van der Waals surface area (Å²) in [6, 6.07) is 9.60. The Kier molecular flexibility index (Phi) is 5.02. The topological polar surface area (TPSA) is 66.1 Å². The Labute approximate surface area is 140 Å². The maximum atomic E-state index is 12.2. The van der Waals surface area contributed by atoms with Crippen LogP contribution in [0.3, 0.4) is 0 Å². The Hall–Kier alpha value is -2.21. The van der Waals surface area contributed by atoms with Crippen LogP contribution in [-0.2, 0) is 0 Å². The van der Waals surface area contributed by atoms with Gasteiger partial charge < -0.3 is 5.32 Å². The van der Waals surface area contributed by atoms with E-state index >= 15 is 0 Å². The highest BCUT2D eigenvalue weighted by molar-refractivity contribution is 7.80. The Morgan fingerprint density at radius 3 is 2.78 bits per heavy atom. The first-order chi connectivity index (χ1) is 11.2. The minimum atomic E-state index is -0.219. The van der Waals surface area contributed by atoms with Crippen molar-refractivity contribution in [2.75, 3.05) is 0 Å². The molecule has 1 aliphatic carbocycles. The zero-order valence-electron chi connectivity index (χ0n) is 12.8. The van der Waals surface area contributed by atoms with Gasteiger partial charge in [-0.2, -0.15) is 0 Å². The van der Waals surface area contributed by atoms with Crippen molar-refractivity contribution in [3.05, 3.63) is 42.1 Å². The van der Waals surface area contributed by atoms with E-state index in [-0.39, 0.29) is 5.91 Å². The van der Waals surface area contributed by atoms with Gasteiger partial charge >= 0.3 is 0 Å². The number of benzene rings is 1. The lowest BCUT2D eigenvalue weighted by Gasteiger charge is -2.24. The number of hydrazine groups is 1. The van der Waals surface area contributed by atoms with Gasteiger partial charge in [0, 0.05) is 23.2 Å². The van der Waals surface area contributed by atoms with Crippen molar-refractivity contribution < 1.29 is 4.79 Å². The number of hydrogen-bond donors (Lipinski definition) is 3. The standard InChI is InChI=1S/C17H20N4OS/c22-16(13-8-9-15-12(11-13)5-4-10-18-15)20-21-17(23)19-14-6-2-1-3-7-14/h4-5,8-11,14H,1-3,6-7H2,(H,20,22)(H2,19,21,23). The normalized spacial score (nSPS) is 15.1. The lowest BCUT2D eigenvalue weighted by atomic mass is 9.96. The highest BCUT2D eigenvalue weighted by Gasteiger charge is 2.14. The Bertz CT molecular complexity index is 713. The predicted molar refractivity (Wildman–Crippen MR) is 95.0 cm³/mol. The number of fused-ring (bicyclic) bond motifs is 1. The van der Waals surface area contributed by atoms with Crippen LogP contribution in [0, 0.1) is 0 Å². The first kappa shape index (κ1) is 15.7. The van der Waals surface area contributed by atoms with Crippen molar-refractivity contribution >= 4 is 34.1 Å². The molecule has 1 aliphatic rings. The lowest BCUT2D eigenvalue weighted by molar-refractivity contribution is 0.0943. The molecule has 1 amide bonds. The lowest BCUT2D eigenvalue weighted by Crippen LogP contribution is -2.50. The molecule has 6 heteroatoms. The fraction of sp³-hybridized carbons (Fsp3) is 0.353. The second-order valence-corrected chi connectivity index (χ2v) is 6.21. The summed E-state index contributed by atoms with van der Waals surface area (Å²) in [5.74, 6) is -0.219. The van der Waals surface area contributed by atoms with Gasteiger partial charge in [-0.25, -0.2) is 0 Å². The fourth-order valence-corrected chi connectivity index (χ4v) is 3.09. The van der Waals surface area contributed by atoms with Crippen molar-refractivity contribution in [2.24, 2.45) is 0 Å². The predicted octanol–water partition coefficient (Wildman–Crippen LogP) is 2.68. The van der Waals surface area contributed by atoms with Crippen LogP contribution >= 0.6 is 12.2 Å². The summed E-state index contributed by atoms with van der Waals surface area (Å²) in [6.07, 6.45) is 7.77. The van der Waals surface area contributed by atoms with Gasteiger partial charge in [-0.1, -0.05) is 25.3 Å². The number of nitrogens with one attached hydrogen (secondary N) is 3. The monoisotopic (exact) mass is 328 g/mol. The number of pyridine rings is 1. The number of carbonyl (C=O) groups excluding carboxylic acids is 1. The number of hydrogen-bond acceptors (Lipinski definition) is 3. The van der Waals surface area contributed by atoms with Gasteiger partial charge in [0.15, 0.2) is 5.11 Å². The summed E-state index contributed by atoms with van der Waals surface area (Å²) < 4.78 is 0. The quantitative estimate of drug-likeness (QED) is 0.584. The molecule has 3 N–H and O–H groups in total. The van der Waals surface area contributed by atoms with Crippen molar-refractivity contribution in [2.45, 2.75) is 38.1 Å². The zero-order chi connectivity index (χ0) is 16.1. The number of rotatable bonds is 2. The third-order valence-electron chi connectivity index (χ3n) is 4.10. The molecule has 0 unspecified atom stereocenters. The summed E-state index contributed by atoms with van der Waals surface area (Å²) in [5, 5.41) is 4.65. The van der Waals surface area contributed by atoms with Crippen LogP contribution in [0.15, 0.2) is 36.5 Å². The van der Waals surface area contributed by atoms with Crippen LogP contribution in [-0.4, -0.2) is 22.0 Å². The van der Waals surface area contributed by atoms with Gasteiger partial charge in [-0.05, 0) is 49.3 Å². The number of aromatic nitrogens is 1. The molecule has 3 rings (SSSR count). The zero-order valence-corrected chi connectivity index (χ0v) is 13.7. The first-order valence-electron chi connectivity index (χ1n) is 7.94. The van der Waals surface area contributed by atoms with Crippen LogP contribution in [0.1, 0.15) is 42.5 Å². The van der Waals surface area contributed by atoms with E-state index in [0.29, 0.717) is 16.7 Å². The van der Waals surface area contributed by atoms with E-state index in [1.54, 1.807) is 12.3 Å². The Morgan fingerprint density at radius 2 is 1.96 bits per heavy atom. The van der Waals surface area contributed by atoms with Gasteiger partial charge in [-0.15, -0.1) is 0 Å². The SMILES string of the molecule is O=C(NNC(=S)NC1CCCCC1)c1ccc2ncccc2c1. The number of thiocarbonyl (C=S) groups is 1. The third-order valence-corrected chi connectivity index (χ3v) is 4.32. The van der Waals surface area contributed by atoms with E-state index in [1.165, 1.54) is 19.3 Å². The van der Waals surface area contributed by atoms with Crippen molar-refractivity contribution in [1.29, 1.82) is 0 Å². The summed E-state index contributed by atoms with van der Waals surface area (Å²) in [7, 11) is 0. The molecule has 1 aromatic carbocycles. The van der Waals surface area contributed by atoms with E-state index in [4.69, 9.17) is 12.2 Å². The maximum Gasteiger partial charge on any atom is 0.269 e. The van der Waals surface area contributed by atoms with E-state index in [1.807, 2.05) is 24.3 Å². The van der Waals surface area contributed by atoms with E-state index in [0.717, 1.165) is 23.7 Å².